The van der Waals surface area contributed by atoms with Crippen molar-refractivity contribution in [3.63, 3.8) is 0 Å². The van der Waals surface area contributed by atoms with E-state index in [9.17, 15) is 43.5 Å². The Kier molecular flexibility index (Phi) is 21.9. The lowest BCUT2D eigenvalue weighted by atomic mass is 9.98. The predicted molar refractivity (Wildman–Crippen MR) is 253 cm³/mol. The monoisotopic (exact) mass is 1040 g/mol. The van der Waals surface area contributed by atoms with E-state index < -0.39 is 90.6 Å². The molecule has 0 aromatic heterocycles. The molecule has 16 N–H and O–H groups in total. The first-order valence-electron chi connectivity index (χ1n) is 20.8. The number of nitrogens with one attached hydrogen (secondary N) is 5. The van der Waals surface area contributed by atoms with Crippen molar-refractivity contribution in [2.45, 2.75) is 88.6 Å². The molecule has 0 heterocycles. The maximum absolute atomic E-state index is 14.5. The molecule has 0 aliphatic heterocycles. The number of aliphatic hydroxyl groups is 1. The number of ketones is 1. The van der Waals surface area contributed by atoms with Crippen LogP contribution in [0.15, 0.2) is 86.7 Å². The highest BCUT2D eigenvalue weighted by molar-refractivity contribution is 9.11. The first-order chi connectivity index (χ1) is 31.2. The maximum atomic E-state index is 14.5. The zero-order chi connectivity index (χ0) is 49.1. The molecule has 0 saturated carbocycles. The number of amides is 7. The molecule has 0 aliphatic carbocycles. The summed E-state index contributed by atoms with van der Waals surface area (Å²) in [6.45, 7) is 2.93. The number of aliphatic imine (C=N–C) groups is 1. The molecule has 0 radical (unpaired) electrons. The van der Waals surface area contributed by atoms with E-state index in [0.29, 0.717) is 31.2 Å². The Morgan fingerprint density at radius 3 is 1.71 bits per heavy atom. The molecular formula is C44H57Br2N11O9. The zero-order valence-electron chi connectivity index (χ0n) is 36.4. The molecule has 3 aromatic carbocycles. The highest BCUT2D eigenvalue weighted by atomic mass is 79.9. The van der Waals surface area contributed by atoms with E-state index in [1.807, 2.05) is 0 Å². The van der Waals surface area contributed by atoms with Gasteiger partial charge in [-0.05, 0) is 54.5 Å². The van der Waals surface area contributed by atoms with Gasteiger partial charge in [0.1, 0.15) is 36.3 Å². The number of carbonyl (C=O) groups excluding carboxylic acids is 8. The Labute approximate surface area is 398 Å². The normalized spacial score (nSPS) is 13.7. The average molecular weight is 1040 g/mol. The summed E-state index contributed by atoms with van der Waals surface area (Å²) < 4.78 is 1.27. The van der Waals surface area contributed by atoms with Gasteiger partial charge < -0.3 is 60.4 Å². The summed E-state index contributed by atoms with van der Waals surface area (Å²) in [5.41, 5.74) is 29.2. The molecule has 0 bridgehead atoms. The van der Waals surface area contributed by atoms with Crippen LogP contribution in [0.2, 0.25) is 0 Å². The molecule has 7 amide bonds. The summed E-state index contributed by atoms with van der Waals surface area (Å²) in [5.74, 6) is -6.85. The van der Waals surface area contributed by atoms with E-state index in [4.69, 9.17) is 28.7 Å². The third-order valence-electron chi connectivity index (χ3n) is 9.89. The first kappa shape index (κ1) is 54.1. The fraction of sp³-hybridized carbons (Fsp3) is 0.386. The van der Waals surface area contributed by atoms with Crippen LogP contribution in [-0.2, 0) is 46.4 Å². The van der Waals surface area contributed by atoms with Crippen molar-refractivity contribution in [3.8, 4) is 0 Å². The van der Waals surface area contributed by atoms with Crippen LogP contribution in [0.3, 0.4) is 0 Å². The highest BCUT2D eigenvalue weighted by Gasteiger charge is 2.33. The number of rotatable bonds is 26. The molecule has 3 aromatic rings. The number of primary amides is 2. The molecule has 356 valence electrons. The average Bonchev–Trinajstić information content (AvgIpc) is 3.26. The van der Waals surface area contributed by atoms with Crippen molar-refractivity contribution in [1.82, 2.24) is 26.6 Å². The second-order valence-corrected chi connectivity index (χ2v) is 17.6. The van der Waals surface area contributed by atoms with E-state index in [0.717, 1.165) is 0 Å². The molecule has 0 aliphatic rings. The first-order valence-corrected chi connectivity index (χ1v) is 22.4. The second-order valence-electron chi connectivity index (χ2n) is 15.8. The standard InChI is InChI=1S/C44H57Br2N11O9/c1-23(2)17-33(41(64)53-31(9-6-16-52-44(50)51)40(63)54-32(38(49)61)21-36(48)59)56-43(66)35(19-25-10-12-26(13-11-25)37(60)28-20-27(45)14-15-29(28)46)57-42(65)34(55-39(62)30(47)22-58)18-24-7-4-3-5-8-24/h3-5,7-8,10-15,20,23,30-35,58H,6,9,16-19,21-22,47H2,1-2H3,(H2,48,59)(H2,49,61)(H,53,64)(H,54,63)(H,55,62)(H,56,66)(H,57,65)(H4,50,51,52)/t30-,31-,32-,33-,34-,35-/m0/s1. The number of nitrogens with zero attached hydrogens (tertiary/aromatic N) is 1. The Hall–Kier alpha value is -6.23. The molecule has 0 spiro atoms. The van der Waals surface area contributed by atoms with Crippen molar-refractivity contribution in [2.75, 3.05) is 13.2 Å². The summed E-state index contributed by atoms with van der Waals surface area (Å²) in [6.07, 6.45) is -0.677. The summed E-state index contributed by atoms with van der Waals surface area (Å²) in [6, 6.07) is 12.0. The number of guanidine groups is 1. The van der Waals surface area contributed by atoms with Gasteiger partial charge in [0.2, 0.25) is 41.4 Å². The fourth-order valence-electron chi connectivity index (χ4n) is 6.47. The topological polar surface area (TPSA) is 359 Å². The molecule has 3 rings (SSSR count). The number of nitrogens with two attached hydrogens (primary N) is 5. The van der Waals surface area contributed by atoms with Gasteiger partial charge in [-0.25, -0.2) is 0 Å². The van der Waals surface area contributed by atoms with Crippen LogP contribution in [0.4, 0.5) is 0 Å². The van der Waals surface area contributed by atoms with Gasteiger partial charge >= 0.3 is 0 Å². The maximum Gasteiger partial charge on any atom is 0.243 e. The van der Waals surface area contributed by atoms with Gasteiger partial charge in [0.15, 0.2) is 11.7 Å². The molecule has 20 nitrogen and oxygen atoms in total. The molecular weight excluding hydrogens is 986 g/mol. The largest absolute Gasteiger partial charge is 0.394 e. The Balaban J connectivity index is 2.01. The van der Waals surface area contributed by atoms with E-state index in [1.165, 1.54) is 0 Å². The number of hydrogen-bond acceptors (Lipinski definition) is 11. The van der Waals surface area contributed by atoms with Gasteiger partial charge in [-0.2, -0.15) is 0 Å². The van der Waals surface area contributed by atoms with Gasteiger partial charge in [0.25, 0.3) is 0 Å². The van der Waals surface area contributed by atoms with Crippen LogP contribution in [0.1, 0.15) is 66.6 Å². The van der Waals surface area contributed by atoms with Crippen molar-refractivity contribution in [1.29, 1.82) is 0 Å². The number of hydrogen-bond donors (Lipinski definition) is 11. The second kappa shape index (κ2) is 26.7. The number of carbonyl (C=O) groups is 8. The predicted octanol–water partition coefficient (Wildman–Crippen LogP) is -0.568. The Morgan fingerprint density at radius 2 is 1.17 bits per heavy atom. The lowest BCUT2D eigenvalue weighted by Crippen LogP contribution is -2.60. The smallest absolute Gasteiger partial charge is 0.243 e. The zero-order valence-corrected chi connectivity index (χ0v) is 39.6. The van der Waals surface area contributed by atoms with E-state index in [2.05, 4.69) is 63.4 Å². The summed E-state index contributed by atoms with van der Waals surface area (Å²) in [7, 11) is 0. The fourth-order valence-corrected chi connectivity index (χ4v) is 7.26. The van der Waals surface area contributed by atoms with E-state index in [1.54, 1.807) is 86.6 Å². The number of halogens is 2. The minimum atomic E-state index is -1.49. The van der Waals surface area contributed by atoms with Crippen LogP contribution in [-0.4, -0.2) is 108 Å². The van der Waals surface area contributed by atoms with Crippen LogP contribution in [0.25, 0.3) is 0 Å². The molecule has 22 heteroatoms. The van der Waals surface area contributed by atoms with E-state index in [-0.39, 0.29) is 56.3 Å². The minimum Gasteiger partial charge on any atom is -0.394 e. The Morgan fingerprint density at radius 1 is 0.652 bits per heavy atom. The summed E-state index contributed by atoms with van der Waals surface area (Å²) in [5, 5.41) is 22.5. The lowest BCUT2D eigenvalue weighted by molar-refractivity contribution is -0.135. The van der Waals surface area contributed by atoms with E-state index >= 15 is 0 Å². The third kappa shape index (κ3) is 18.0. The SMILES string of the molecule is CC(C)C[C@H](NC(=O)[C@H](Cc1ccc(C(=O)c2cc(Br)ccc2Br)cc1)NC(=O)[C@H](Cc1ccccc1)NC(=O)[C@@H](N)CO)C(=O)N[C@@H](CCCN=C(N)N)C(=O)N[C@@H](CC(N)=O)C(N)=O. The van der Waals surface area contributed by atoms with Gasteiger partial charge in [0.05, 0.1) is 13.0 Å². The van der Waals surface area contributed by atoms with Crippen LogP contribution >= 0.6 is 31.9 Å². The van der Waals surface area contributed by atoms with Gasteiger partial charge in [-0.15, -0.1) is 0 Å². The van der Waals surface area contributed by atoms with Crippen molar-refractivity contribution in [3.05, 3.63) is 104 Å². The van der Waals surface area contributed by atoms with Gasteiger partial charge in [-0.1, -0.05) is 100 Å². The van der Waals surface area contributed by atoms with Gasteiger partial charge in [-0.3, -0.25) is 43.3 Å². The van der Waals surface area contributed by atoms with Crippen molar-refractivity contribution in [2.24, 2.45) is 39.6 Å². The molecule has 0 unspecified atom stereocenters. The lowest BCUT2D eigenvalue weighted by Gasteiger charge is -2.28. The quantitative estimate of drug-likeness (QED) is 0.0209. The van der Waals surface area contributed by atoms with Crippen molar-refractivity contribution >= 4 is 85.0 Å². The van der Waals surface area contributed by atoms with Crippen LogP contribution in [0, 0.1) is 5.92 Å². The Bertz CT molecular complexity index is 2230. The van der Waals surface area contributed by atoms with Crippen molar-refractivity contribution < 1.29 is 43.5 Å². The minimum absolute atomic E-state index is 0.0338. The molecule has 0 saturated heterocycles. The third-order valence-corrected chi connectivity index (χ3v) is 11.1. The van der Waals surface area contributed by atoms with Gasteiger partial charge in [0, 0.05) is 39.5 Å². The molecule has 0 fully saturated rings. The molecule has 6 atom stereocenters. The van der Waals surface area contributed by atoms with Crippen LogP contribution in [0.5, 0.6) is 0 Å². The number of benzene rings is 3. The highest BCUT2D eigenvalue weighted by Crippen LogP contribution is 2.24. The summed E-state index contributed by atoms with van der Waals surface area (Å²) >= 11 is 6.80. The van der Waals surface area contributed by atoms with Crippen LogP contribution < -0.4 is 55.3 Å². The molecule has 66 heavy (non-hydrogen) atoms. The number of aliphatic hydroxyl groups excluding tert-OH is 1. The summed E-state index contributed by atoms with van der Waals surface area (Å²) in [4.78, 5) is 110.